The van der Waals surface area contributed by atoms with Gasteiger partial charge in [0.25, 0.3) is 0 Å². The SMILES string of the molecule is NC(=O)CCn1cnc2cc(C(=O)O)ccc21. The van der Waals surface area contributed by atoms with E-state index < -0.39 is 5.97 Å². The van der Waals surface area contributed by atoms with E-state index in [4.69, 9.17) is 10.8 Å². The van der Waals surface area contributed by atoms with Crippen LogP contribution in [0.25, 0.3) is 11.0 Å². The molecule has 0 radical (unpaired) electrons. The Bertz CT molecular complexity index is 589. The summed E-state index contributed by atoms with van der Waals surface area (Å²) in [7, 11) is 0. The minimum absolute atomic E-state index is 0.192. The summed E-state index contributed by atoms with van der Waals surface area (Å²) in [6, 6.07) is 4.68. The van der Waals surface area contributed by atoms with Crippen molar-refractivity contribution in [1.29, 1.82) is 0 Å². The van der Waals surface area contributed by atoms with E-state index in [1.807, 2.05) is 0 Å². The number of nitrogens with two attached hydrogens (primary N) is 1. The predicted octanol–water partition coefficient (Wildman–Crippen LogP) is 0.610. The zero-order valence-corrected chi connectivity index (χ0v) is 8.96. The Morgan fingerprint density at radius 2 is 2.18 bits per heavy atom. The molecule has 0 aliphatic heterocycles. The molecule has 2 rings (SSSR count). The highest BCUT2D eigenvalue weighted by molar-refractivity contribution is 5.92. The normalized spacial score (nSPS) is 10.6. The van der Waals surface area contributed by atoms with Gasteiger partial charge in [0.2, 0.25) is 5.91 Å². The number of fused-ring (bicyclic) bond motifs is 1. The standard InChI is InChI=1S/C11H11N3O3/c12-10(15)3-4-14-6-13-8-5-7(11(16)17)1-2-9(8)14/h1-2,5-6H,3-4H2,(H2,12,15)(H,16,17). The van der Waals surface area contributed by atoms with Crippen molar-refractivity contribution in [1.82, 2.24) is 9.55 Å². The molecule has 2 aromatic rings. The van der Waals surface area contributed by atoms with E-state index in [1.165, 1.54) is 12.1 Å². The van der Waals surface area contributed by atoms with E-state index in [0.29, 0.717) is 12.1 Å². The number of aromatic carboxylic acids is 1. The van der Waals surface area contributed by atoms with E-state index in [0.717, 1.165) is 5.52 Å². The van der Waals surface area contributed by atoms with Gasteiger partial charge in [0.1, 0.15) is 0 Å². The average Bonchev–Trinajstić information content (AvgIpc) is 2.68. The molecular formula is C11H11N3O3. The number of benzene rings is 1. The first kappa shape index (κ1) is 11.1. The Balaban J connectivity index is 2.34. The third kappa shape index (κ3) is 2.25. The number of nitrogens with zero attached hydrogens (tertiary/aromatic N) is 2. The van der Waals surface area contributed by atoms with Crippen molar-refractivity contribution in [2.45, 2.75) is 13.0 Å². The van der Waals surface area contributed by atoms with Gasteiger partial charge in [-0.05, 0) is 18.2 Å². The molecule has 0 saturated carbocycles. The van der Waals surface area contributed by atoms with Crippen LogP contribution in [-0.4, -0.2) is 26.5 Å². The van der Waals surface area contributed by atoms with Crippen molar-refractivity contribution in [2.24, 2.45) is 5.73 Å². The lowest BCUT2D eigenvalue weighted by molar-refractivity contribution is -0.118. The predicted molar refractivity (Wildman–Crippen MR) is 60.5 cm³/mol. The quantitative estimate of drug-likeness (QED) is 0.808. The van der Waals surface area contributed by atoms with Crippen LogP contribution in [0.2, 0.25) is 0 Å². The van der Waals surface area contributed by atoms with Crippen molar-refractivity contribution < 1.29 is 14.7 Å². The number of carboxylic acids is 1. The summed E-state index contributed by atoms with van der Waals surface area (Å²) in [5.41, 5.74) is 6.64. The van der Waals surface area contributed by atoms with Crippen LogP contribution in [0.1, 0.15) is 16.8 Å². The summed E-state index contributed by atoms with van der Waals surface area (Å²) in [6.45, 7) is 0.443. The molecule has 0 aliphatic carbocycles. The highest BCUT2D eigenvalue weighted by atomic mass is 16.4. The minimum atomic E-state index is -0.987. The van der Waals surface area contributed by atoms with Gasteiger partial charge < -0.3 is 15.4 Å². The van der Waals surface area contributed by atoms with Gasteiger partial charge in [-0.2, -0.15) is 0 Å². The number of hydrogen-bond donors (Lipinski definition) is 2. The number of amides is 1. The first-order valence-corrected chi connectivity index (χ1v) is 5.04. The highest BCUT2D eigenvalue weighted by Crippen LogP contribution is 2.15. The Kier molecular flexibility index (Phi) is 2.78. The number of carbonyl (C=O) groups excluding carboxylic acids is 1. The van der Waals surface area contributed by atoms with Crippen molar-refractivity contribution in [2.75, 3.05) is 0 Å². The number of imidazole rings is 1. The second kappa shape index (κ2) is 4.25. The van der Waals surface area contributed by atoms with Crippen LogP contribution in [0.4, 0.5) is 0 Å². The maximum absolute atomic E-state index is 10.8. The van der Waals surface area contributed by atoms with Gasteiger partial charge >= 0.3 is 5.97 Å². The molecule has 0 saturated heterocycles. The molecular weight excluding hydrogens is 222 g/mol. The topological polar surface area (TPSA) is 98.2 Å². The van der Waals surface area contributed by atoms with E-state index in [1.54, 1.807) is 17.0 Å². The van der Waals surface area contributed by atoms with Crippen LogP contribution in [0, 0.1) is 0 Å². The molecule has 1 aromatic heterocycles. The van der Waals surface area contributed by atoms with Crippen molar-refractivity contribution in [3.63, 3.8) is 0 Å². The van der Waals surface area contributed by atoms with E-state index in [-0.39, 0.29) is 17.9 Å². The Morgan fingerprint density at radius 3 is 2.82 bits per heavy atom. The van der Waals surface area contributed by atoms with Gasteiger partial charge in [0.15, 0.2) is 0 Å². The van der Waals surface area contributed by atoms with Crippen molar-refractivity contribution in [3.05, 3.63) is 30.1 Å². The first-order valence-electron chi connectivity index (χ1n) is 5.04. The summed E-state index contributed by atoms with van der Waals surface area (Å²) in [4.78, 5) is 25.5. The molecule has 17 heavy (non-hydrogen) atoms. The second-order valence-corrected chi connectivity index (χ2v) is 3.66. The van der Waals surface area contributed by atoms with Gasteiger partial charge in [0.05, 0.1) is 22.9 Å². The Labute approximate surface area is 96.7 Å². The molecule has 0 spiro atoms. The molecule has 0 aliphatic rings. The number of carboxylic acid groups (broad SMARTS) is 1. The number of primary amides is 1. The van der Waals surface area contributed by atoms with Gasteiger partial charge in [-0.25, -0.2) is 9.78 Å². The summed E-state index contributed by atoms with van der Waals surface area (Å²) in [6.07, 6.45) is 1.80. The van der Waals surface area contributed by atoms with E-state index >= 15 is 0 Å². The summed E-state index contributed by atoms with van der Waals surface area (Å²) in [5, 5.41) is 8.83. The molecule has 3 N–H and O–H groups in total. The number of aryl methyl sites for hydroxylation is 1. The average molecular weight is 233 g/mol. The zero-order chi connectivity index (χ0) is 12.4. The van der Waals surface area contributed by atoms with Crippen LogP contribution >= 0.6 is 0 Å². The first-order chi connectivity index (χ1) is 8.08. The molecule has 0 atom stereocenters. The van der Waals surface area contributed by atoms with E-state index in [2.05, 4.69) is 4.98 Å². The van der Waals surface area contributed by atoms with Gasteiger partial charge in [0, 0.05) is 13.0 Å². The molecule has 6 nitrogen and oxygen atoms in total. The largest absolute Gasteiger partial charge is 0.478 e. The highest BCUT2D eigenvalue weighted by Gasteiger charge is 2.08. The third-order valence-corrected chi connectivity index (χ3v) is 2.47. The molecule has 1 aromatic carbocycles. The fourth-order valence-electron chi connectivity index (χ4n) is 1.61. The number of hydrogen-bond acceptors (Lipinski definition) is 3. The van der Waals surface area contributed by atoms with Gasteiger partial charge in [-0.3, -0.25) is 4.79 Å². The molecule has 1 amide bonds. The lowest BCUT2D eigenvalue weighted by Gasteiger charge is -2.02. The smallest absolute Gasteiger partial charge is 0.335 e. The Morgan fingerprint density at radius 1 is 1.41 bits per heavy atom. The van der Waals surface area contributed by atoms with Gasteiger partial charge in [-0.15, -0.1) is 0 Å². The molecule has 0 unspecified atom stereocenters. The molecule has 0 fully saturated rings. The van der Waals surface area contributed by atoms with Crippen LogP contribution in [0.15, 0.2) is 24.5 Å². The monoisotopic (exact) mass is 233 g/mol. The molecule has 88 valence electrons. The molecule has 6 heteroatoms. The van der Waals surface area contributed by atoms with Gasteiger partial charge in [-0.1, -0.05) is 0 Å². The Hall–Kier alpha value is -2.37. The van der Waals surface area contributed by atoms with Crippen LogP contribution in [0.5, 0.6) is 0 Å². The maximum Gasteiger partial charge on any atom is 0.335 e. The lowest BCUT2D eigenvalue weighted by atomic mass is 10.2. The summed E-state index contributed by atoms with van der Waals surface area (Å²) in [5.74, 6) is -1.37. The number of aromatic nitrogens is 2. The fourth-order valence-corrected chi connectivity index (χ4v) is 1.61. The summed E-state index contributed by atoms with van der Waals surface area (Å²) < 4.78 is 1.77. The maximum atomic E-state index is 10.8. The minimum Gasteiger partial charge on any atom is -0.478 e. The van der Waals surface area contributed by atoms with Crippen molar-refractivity contribution in [3.8, 4) is 0 Å². The second-order valence-electron chi connectivity index (χ2n) is 3.66. The van der Waals surface area contributed by atoms with E-state index in [9.17, 15) is 9.59 Å². The fraction of sp³-hybridized carbons (Fsp3) is 0.182. The van der Waals surface area contributed by atoms with Crippen molar-refractivity contribution >= 4 is 22.9 Å². The zero-order valence-electron chi connectivity index (χ0n) is 8.96. The van der Waals surface area contributed by atoms with Crippen LogP contribution in [-0.2, 0) is 11.3 Å². The number of rotatable bonds is 4. The van der Waals surface area contributed by atoms with Crippen LogP contribution in [0.3, 0.4) is 0 Å². The molecule has 0 bridgehead atoms. The lowest BCUT2D eigenvalue weighted by Crippen LogP contribution is -2.13. The summed E-state index contributed by atoms with van der Waals surface area (Å²) >= 11 is 0. The molecule has 1 heterocycles. The van der Waals surface area contributed by atoms with Crippen LogP contribution < -0.4 is 5.73 Å². The number of carbonyl (C=O) groups is 2. The third-order valence-electron chi connectivity index (χ3n) is 2.47.